The number of carbonyl (C=O) groups excluding carboxylic acids is 2. The van der Waals surface area contributed by atoms with Gasteiger partial charge in [-0.25, -0.2) is 4.79 Å². The number of amides is 2. The van der Waals surface area contributed by atoms with Gasteiger partial charge in [0.2, 0.25) is 5.91 Å². The van der Waals surface area contributed by atoms with Crippen LogP contribution in [0.25, 0.3) is 0 Å². The Hall–Kier alpha value is -3.20. The maximum absolute atomic E-state index is 12.3. The van der Waals surface area contributed by atoms with Crippen molar-refractivity contribution in [1.82, 2.24) is 10.6 Å². The third-order valence-corrected chi connectivity index (χ3v) is 3.82. The Morgan fingerprint density at radius 2 is 1.69 bits per heavy atom. The van der Waals surface area contributed by atoms with E-state index >= 15 is 0 Å². The molecule has 29 heavy (non-hydrogen) atoms. The zero-order chi connectivity index (χ0) is 21.1. The summed E-state index contributed by atoms with van der Waals surface area (Å²) >= 11 is 0. The second-order valence-corrected chi connectivity index (χ2v) is 6.00. The fraction of sp³-hybridized carbons (Fsp3) is 0.300. The van der Waals surface area contributed by atoms with Gasteiger partial charge in [0.15, 0.2) is 0 Å². The number of nitrogens with one attached hydrogen (secondary N) is 2. The van der Waals surface area contributed by atoms with E-state index in [0.29, 0.717) is 5.56 Å². The highest BCUT2D eigenvalue weighted by atomic mass is 19.3. The molecule has 0 saturated carbocycles. The van der Waals surface area contributed by atoms with E-state index in [1.165, 1.54) is 24.3 Å². The van der Waals surface area contributed by atoms with Crippen molar-refractivity contribution in [3.05, 3.63) is 65.7 Å². The molecule has 0 unspecified atom stereocenters. The lowest BCUT2D eigenvalue weighted by Crippen LogP contribution is -2.48. The highest BCUT2D eigenvalue weighted by Gasteiger charge is 2.22. The van der Waals surface area contributed by atoms with Gasteiger partial charge in [-0.1, -0.05) is 42.5 Å². The molecule has 3 N–H and O–H groups in total. The lowest BCUT2D eigenvalue weighted by atomic mass is 10.1. The van der Waals surface area contributed by atoms with E-state index in [0.717, 1.165) is 5.56 Å². The number of benzene rings is 2. The van der Waals surface area contributed by atoms with E-state index in [1.807, 2.05) is 18.2 Å². The topological polar surface area (TPSA) is 96.9 Å². The van der Waals surface area contributed by atoms with Gasteiger partial charge in [0.25, 0.3) is 0 Å². The SMILES string of the molecule is O=C(N[C@@H](Cc1ccc(OC(F)F)cc1)C(=O)NCCO)OCc1ccccc1. The number of ether oxygens (including phenoxy) is 2. The van der Waals surface area contributed by atoms with Gasteiger partial charge < -0.3 is 25.2 Å². The number of rotatable bonds is 10. The summed E-state index contributed by atoms with van der Waals surface area (Å²) in [5.74, 6) is -0.524. The number of aliphatic hydroxyl groups is 1. The zero-order valence-corrected chi connectivity index (χ0v) is 15.5. The van der Waals surface area contributed by atoms with Crippen molar-refractivity contribution in [2.45, 2.75) is 25.7 Å². The van der Waals surface area contributed by atoms with Gasteiger partial charge in [-0.3, -0.25) is 4.79 Å². The molecule has 2 rings (SSSR count). The maximum Gasteiger partial charge on any atom is 0.408 e. The van der Waals surface area contributed by atoms with Gasteiger partial charge in [-0.05, 0) is 23.3 Å². The highest BCUT2D eigenvalue weighted by molar-refractivity contribution is 5.85. The minimum Gasteiger partial charge on any atom is -0.445 e. The summed E-state index contributed by atoms with van der Waals surface area (Å²) in [7, 11) is 0. The summed E-state index contributed by atoms with van der Waals surface area (Å²) < 4.78 is 33.9. The van der Waals surface area contributed by atoms with Crippen molar-refractivity contribution in [3.63, 3.8) is 0 Å². The molecule has 0 aliphatic heterocycles. The van der Waals surface area contributed by atoms with Crippen LogP contribution in [0.15, 0.2) is 54.6 Å². The molecule has 0 heterocycles. The Bertz CT molecular complexity index is 772. The minimum atomic E-state index is -2.93. The first-order valence-corrected chi connectivity index (χ1v) is 8.87. The van der Waals surface area contributed by atoms with Gasteiger partial charge in [0, 0.05) is 13.0 Å². The zero-order valence-electron chi connectivity index (χ0n) is 15.5. The van der Waals surface area contributed by atoms with E-state index in [1.54, 1.807) is 12.1 Å². The first kappa shape index (κ1) is 22.1. The average Bonchev–Trinajstić information content (AvgIpc) is 2.71. The molecule has 2 amide bonds. The molecule has 2 aromatic rings. The van der Waals surface area contributed by atoms with Gasteiger partial charge in [0.05, 0.1) is 6.61 Å². The summed E-state index contributed by atoms with van der Waals surface area (Å²) in [5.41, 5.74) is 1.40. The molecule has 0 radical (unpaired) electrons. The fourth-order valence-electron chi connectivity index (χ4n) is 2.46. The van der Waals surface area contributed by atoms with Crippen molar-refractivity contribution in [2.24, 2.45) is 0 Å². The molecule has 1 atom stereocenters. The number of carbonyl (C=O) groups is 2. The Morgan fingerprint density at radius 1 is 1.00 bits per heavy atom. The molecule has 9 heteroatoms. The van der Waals surface area contributed by atoms with Gasteiger partial charge in [-0.2, -0.15) is 8.78 Å². The summed E-state index contributed by atoms with van der Waals surface area (Å²) in [6.45, 7) is -3.12. The molecule has 0 fully saturated rings. The quantitative estimate of drug-likeness (QED) is 0.560. The van der Waals surface area contributed by atoms with Crippen LogP contribution in [0.1, 0.15) is 11.1 Å². The number of halogens is 2. The molecular weight excluding hydrogens is 386 g/mol. The molecule has 0 aliphatic carbocycles. The summed E-state index contributed by atoms with van der Waals surface area (Å²) in [6.07, 6.45) is -0.692. The van der Waals surface area contributed by atoms with Crippen molar-refractivity contribution in [3.8, 4) is 5.75 Å². The molecule has 0 spiro atoms. The third kappa shape index (κ3) is 8.14. The standard InChI is InChI=1S/C20H22F2N2O5/c21-19(22)29-16-8-6-14(7-9-16)12-17(18(26)23-10-11-25)24-20(27)28-13-15-4-2-1-3-5-15/h1-9,17,19,25H,10-13H2,(H,23,26)(H,24,27)/t17-/m0/s1. The van der Waals surface area contributed by atoms with Crippen LogP contribution in [0, 0.1) is 0 Å². The predicted octanol–water partition coefficient (Wildman–Crippen LogP) is 2.23. The predicted molar refractivity (Wildman–Crippen MR) is 100 cm³/mol. The first-order valence-electron chi connectivity index (χ1n) is 8.87. The third-order valence-electron chi connectivity index (χ3n) is 3.82. The Balaban J connectivity index is 1.98. The average molecular weight is 408 g/mol. The van der Waals surface area contributed by atoms with Gasteiger partial charge in [0.1, 0.15) is 18.4 Å². The molecule has 0 saturated heterocycles. The van der Waals surface area contributed by atoms with Crippen LogP contribution >= 0.6 is 0 Å². The minimum absolute atomic E-state index is 0.0136. The number of hydrogen-bond donors (Lipinski definition) is 3. The smallest absolute Gasteiger partial charge is 0.408 e. The van der Waals surface area contributed by atoms with E-state index in [4.69, 9.17) is 9.84 Å². The molecule has 0 aliphatic rings. The van der Waals surface area contributed by atoms with E-state index in [-0.39, 0.29) is 31.9 Å². The van der Waals surface area contributed by atoms with E-state index < -0.39 is 24.7 Å². The number of hydrogen-bond acceptors (Lipinski definition) is 5. The monoisotopic (exact) mass is 408 g/mol. The van der Waals surface area contributed by atoms with Crippen molar-refractivity contribution >= 4 is 12.0 Å². The molecular formula is C20H22F2N2O5. The maximum atomic E-state index is 12.3. The molecule has 156 valence electrons. The van der Waals surface area contributed by atoms with Crippen molar-refractivity contribution < 1.29 is 33.0 Å². The van der Waals surface area contributed by atoms with Crippen LogP contribution in [0.3, 0.4) is 0 Å². The van der Waals surface area contributed by atoms with Crippen LogP contribution in [-0.4, -0.2) is 42.9 Å². The van der Waals surface area contributed by atoms with E-state index in [2.05, 4.69) is 15.4 Å². The largest absolute Gasteiger partial charge is 0.445 e. The molecule has 2 aromatic carbocycles. The second kappa shape index (κ2) is 11.6. The van der Waals surface area contributed by atoms with Crippen molar-refractivity contribution in [2.75, 3.05) is 13.2 Å². The number of alkyl carbamates (subject to hydrolysis) is 1. The Kier molecular flexibility index (Phi) is 8.84. The van der Waals surface area contributed by atoms with Gasteiger partial charge >= 0.3 is 12.7 Å². The van der Waals surface area contributed by atoms with Crippen LogP contribution in [-0.2, 0) is 22.6 Å². The summed E-state index contributed by atoms with van der Waals surface area (Å²) in [6, 6.07) is 13.8. The van der Waals surface area contributed by atoms with Crippen LogP contribution in [0.4, 0.5) is 13.6 Å². The molecule has 0 bridgehead atoms. The molecule has 0 aromatic heterocycles. The lowest BCUT2D eigenvalue weighted by Gasteiger charge is -2.18. The fourth-order valence-corrected chi connectivity index (χ4v) is 2.46. The summed E-state index contributed by atoms with van der Waals surface area (Å²) in [4.78, 5) is 24.4. The van der Waals surface area contributed by atoms with E-state index in [9.17, 15) is 18.4 Å². The van der Waals surface area contributed by atoms with Crippen LogP contribution < -0.4 is 15.4 Å². The van der Waals surface area contributed by atoms with Crippen LogP contribution in [0.2, 0.25) is 0 Å². The number of alkyl halides is 2. The Morgan fingerprint density at radius 3 is 2.31 bits per heavy atom. The molecule has 7 nitrogen and oxygen atoms in total. The van der Waals surface area contributed by atoms with Gasteiger partial charge in [-0.15, -0.1) is 0 Å². The Labute approximate surface area is 166 Å². The summed E-state index contributed by atoms with van der Waals surface area (Å²) in [5, 5.41) is 13.9. The highest BCUT2D eigenvalue weighted by Crippen LogP contribution is 2.16. The lowest BCUT2D eigenvalue weighted by molar-refractivity contribution is -0.123. The van der Waals surface area contributed by atoms with Crippen LogP contribution in [0.5, 0.6) is 5.75 Å². The number of aliphatic hydroxyl groups excluding tert-OH is 1. The normalized spacial score (nSPS) is 11.6. The first-order chi connectivity index (χ1) is 14.0. The second-order valence-electron chi connectivity index (χ2n) is 6.00. The van der Waals surface area contributed by atoms with Crippen molar-refractivity contribution in [1.29, 1.82) is 0 Å².